The summed E-state index contributed by atoms with van der Waals surface area (Å²) in [4.78, 5) is 24.2. The molecule has 0 aromatic rings. The minimum atomic E-state index is -0.942. The van der Waals surface area contributed by atoms with Crippen molar-refractivity contribution in [1.29, 1.82) is 0 Å². The van der Waals surface area contributed by atoms with Gasteiger partial charge in [-0.1, -0.05) is 0 Å². The molecular weight excluding hydrogens is 211 g/mol. The molecule has 0 spiro atoms. The van der Waals surface area contributed by atoms with E-state index >= 15 is 0 Å². The zero-order chi connectivity index (χ0) is 12.1. The molecule has 1 aliphatic heterocycles. The third-order valence-corrected chi connectivity index (χ3v) is 2.76. The molecule has 0 unspecified atom stereocenters. The van der Waals surface area contributed by atoms with E-state index in [4.69, 9.17) is 0 Å². The van der Waals surface area contributed by atoms with E-state index in [1.807, 2.05) is 13.8 Å². The maximum absolute atomic E-state index is 12.1. The van der Waals surface area contributed by atoms with Crippen LogP contribution in [0.2, 0.25) is 0 Å². The van der Waals surface area contributed by atoms with Crippen molar-refractivity contribution in [3.05, 3.63) is 0 Å². The summed E-state index contributed by atoms with van der Waals surface area (Å²) in [5.74, 6) is -0.462. The molecule has 1 heterocycles. The van der Waals surface area contributed by atoms with Gasteiger partial charge in [0.2, 0.25) is 5.91 Å². The zero-order valence-corrected chi connectivity index (χ0v) is 9.83. The largest absolute Gasteiger partial charge is 0.354 e. The van der Waals surface area contributed by atoms with E-state index in [0.717, 1.165) is 0 Å². The minimum Gasteiger partial charge on any atom is -0.354 e. The van der Waals surface area contributed by atoms with Crippen molar-refractivity contribution in [3.63, 3.8) is 0 Å². The number of rotatable bonds is 3. The van der Waals surface area contributed by atoms with Crippen LogP contribution in [0.1, 0.15) is 26.7 Å². The van der Waals surface area contributed by atoms with Gasteiger partial charge < -0.3 is 10.2 Å². The number of nitrogens with zero attached hydrogens (tertiary/aromatic N) is 1. The lowest BCUT2D eigenvalue weighted by atomic mass is 9.95. The molecule has 1 rings (SSSR count). The Morgan fingerprint density at radius 3 is 2.38 bits per heavy atom. The molecule has 0 radical (unpaired) electrons. The van der Waals surface area contributed by atoms with E-state index in [1.54, 1.807) is 0 Å². The Hall–Kier alpha value is -1.13. The lowest BCUT2D eigenvalue weighted by Crippen LogP contribution is -2.44. The van der Waals surface area contributed by atoms with E-state index in [-0.39, 0.29) is 17.9 Å². The molecule has 0 bridgehead atoms. The fourth-order valence-corrected chi connectivity index (χ4v) is 1.88. The van der Waals surface area contributed by atoms with E-state index < -0.39 is 12.6 Å². The second-order valence-electron chi connectivity index (χ2n) is 4.45. The predicted octanol–water partition coefficient (Wildman–Crippen LogP) is 0.719. The fourth-order valence-electron chi connectivity index (χ4n) is 1.88. The summed E-state index contributed by atoms with van der Waals surface area (Å²) >= 11 is 0. The predicted molar refractivity (Wildman–Crippen MR) is 58.6 cm³/mol. The highest BCUT2D eigenvalue weighted by Crippen LogP contribution is 2.17. The van der Waals surface area contributed by atoms with Gasteiger partial charge in [-0.15, -0.1) is 0 Å². The highest BCUT2D eigenvalue weighted by atomic mass is 19.1. The Morgan fingerprint density at radius 2 is 1.94 bits per heavy atom. The third kappa shape index (κ3) is 3.47. The molecule has 1 saturated heterocycles. The molecule has 1 fully saturated rings. The zero-order valence-electron chi connectivity index (χ0n) is 9.83. The molecule has 0 saturated carbocycles. The summed E-state index contributed by atoms with van der Waals surface area (Å²) in [5.41, 5.74) is 0. The van der Waals surface area contributed by atoms with Gasteiger partial charge in [-0.05, 0) is 26.7 Å². The Balaban J connectivity index is 2.37. The van der Waals surface area contributed by atoms with E-state index in [0.29, 0.717) is 25.9 Å². The summed E-state index contributed by atoms with van der Waals surface area (Å²) in [6, 6.07) is 0.137. The molecule has 1 aliphatic rings. The highest BCUT2D eigenvalue weighted by molar-refractivity contribution is 5.80. The van der Waals surface area contributed by atoms with Crippen molar-refractivity contribution in [2.24, 2.45) is 5.92 Å². The van der Waals surface area contributed by atoms with Gasteiger partial charge in [-0.3, -0.25) is 9.59 Å². The number of amides is 2. The van der Waals surface area contributed by atoms with Crippen LogP contribution in [0.4, 0.5) is 4.39 Å². The SMILES string of the molecule is CC(C)NC(=O)C1CCN(C(=O)CF)CC1. The van der Waals surface area contributed by atoms with Gasteiger partial charge in [0.15, 0.2) is 6.67 Å². The topological polar surface area (TPSA) is 49.4 Å². The van der Waals surface area contributed by atoms with Crippen LogP contribution >= 0.6 is 0 Å². The first-order valence-corrected chi connectivity index (χ1v) is 5.68. The molecule has 16 heavy (non-hydrogen) atoms. The van der Waals surface area contributed by atoms with E-state index in [9.17, 15) is 14.0 Å². The normalized spacial score (nSPS) is 17.6. The molecule has 92 valence electrons. The Kier molecular flexibility index (Phi) is 4.71. The lowest BCUT2D eigenvalue weighted by Gasteiger charge is -2.31. The van der Waals surface area contributed by atoms with Gasteiger partial charge in [-0.2, -0.15) is 0 Å². The van der Waals surface area contributed by atoms with Crippen LogP contribution in [0.25, 0.3) is 0 Å². The van der Waals surface area contributed by atoms with Crippen LogP contribution in [0.3, 0.4) is 0 Å². The standard InChI is InChI=1S/C11H19FN2O2/c1-8(2)13-11(16)9-3-5-14(6-4-9)10(15)7-12/h8-9H,3-7H2,1-2H3,(H,13,16). The molecule has 4 nitrogen and oxygen atoms in total. The Labute approximate surface area is 95.2 Å². The van der Waals surface area contributed by atoms with Crippen molar-refractivity contribution < 1.29 is 14.0 Å². The van der Waals surface area contributed by atoms with E-state index in [1.165, 1.54) is 4.90 Å². The van der Waals surface area contributed by atoms with Crippen molar-refractivity contribution in [3.8, 4) is 0 Å². The molecule has 0 aliphatic carbocycles. The van der Waals surface area contributed by atoms with Gasteiger partial charge in [0.05, 0.1) is 0 Å². The number of likely N-dealkylation sites (tertiary alicyclic amines) is 1. The van der Waals surface area contributed by atoms with Crippen LogP contribution in [-0.2, 0) is 9.59 Å². The molecular formula is C11H19FN2O2. The van der Waals surface area contributed by atoms with Crippen LogP contribution < -0.4 is 5.32 Å². The number of carbonyl (C=O) groups excluding carboxylic acids is 2. The molecule has 0 atom stereocenters. The monoisotopic (exact) mass is 230 g/mol. The van der Waals surface area contributed by atoms with Crippen LogP contribution in [0.5, 0.6) is 0 Å². The average Bonchev–Trinajstić information content (AvgIpc) is 2.27. The second kappa shape index (κ2) is 5.82. The lowest BCUT2D eigenvalue weighted by molar-refractivity contribution is -0.136. The fraction of sp³-hybridized carbons (Fsp3) is 0.818. The quantitative estimate of drug-likeness (QED) is 0.776. The number of nitrogens with one attached hydrogen (secondary N) is 1. The number of halogens is 1. The van der Waals surface area contributed by atoms with Gasteiger partial charge >= 0.3 is 0 Å². The maximum Gasteiger partial charge on any atom is 0.253 e. The number of hydrogen-bond acceptors (Lipinski definition) is 2. The molecule has 0 aromatic carbocycles. The maximum atomic E-state index is 12.1. The second-order valence-corrected chi connectivity index (χ2v) is 4.45. The van der Waals surface area contributed by atoms with Gasteiger partial charge in [-0.25, -0.2) is 4.39 Å². The number of alkyl halides is 1. The first kappa shape index (κ1) is 12.9. The van der Waals surface area contributed by atoms with Crippen LogP contribution in [-0.4, -0.2) is 42.5 Å². The Bertz CT molecular complexity index is 261. The van der Waals surface area contributed by atoms with E-state index in [2.05, 4.69) is 5.32 Å². The summed E-state index contributed by atoms with van der Waals surface area (Å²) in [6.45, 7) is 3.86. The summed E-state index contributed by atoms with van der Waals surface area (Å²) in [7, 11) is 0. The molecule has 1 N–H and O–H groups in total. The molecule has 5 heteroatoms. The smallest absolute Gasteiger partial charge is 0.253 e. The number of piperidine rings is 1. The third-order valence-electron chi connectivity index (χ3n) is 2.76. The van der Waals surface area contributed by atoms with Gasteiger partial charge in [0, 0.05) is 25.0 Å². The van der Waals surface area contributed by atoms with Crippen LogP contribution in [0, 0.1) is 5.92 Å². The molecule has 2 amide bonds. The van der Waals surface area contributed by atoms with Gasteiger partial charge in [0.25, 0.3) is 5.91 Å². The Morgan fingerprint density at radius 1 is 1.38 bits per heavy atom. The van der Waals surface area contributed by atoms with Crippen molar-refractivity contribution >= 4 is 11.8 Å². The molecule has 0 aromatic heterocycles. The first-order valence-electron chi connectivity index (χ1n) is 5.68. The first-order chi connectivity index (χ1) is 7.54. The van der Waals surface area contributed by atoms with Crippen molar-refractivity contribution in [1.82, 2.24) is 10.2 Å². The number of carbonyl (C=O) groups is 2. The highest BCUT2D eigenvalue weighted by Gasteiger charge is 2.27. The van der Waals surface area contributed by atoms with Gasteiger partial charge in [0.1, 0.15) is 0 Å². The van der Waals surface area contributed by atoms with Crippen molar-refractivity contribution in [2.45, 2.75) is 32.7 Å². The number of hydrogen-bond donors (Lipinski definition) is 1. The van der Waals surface area contributed by atoms with Crippen molar-refractivity contribution in [2.75, 3.05) is 19.8 Å². The summed E-state index contributed by atoms with van der Waals surface area (Å²) < 4.78 is 12.1. The average molecular weight is 230 g/mol. The van der Waals surface area contributed by atoms with Crippen LogP contribution in [0.15, 0.2) is 0 Å². The summed E-state index contributed by atoms with van der Waals surface area (Å²) in [6.07, 6.45) is 1.26. The minimum absolute atomic E-state index is 0.0361. The summed E-state index contributed by atoms with van der Waals surface area (Å²) in [5, 5.41) is 2.85.